The largest absolute Gasteiger partial charge is 0.330 e. The van der Waals surface area contributed by atoms with Gasteiger partial charge in [0.05, 0.1) is 0 Å². The van der Waals surface area contributed by atoms with Crippen molar-refractivity contribution in [3.8, 4) is 0 Å². The zero-order valence-electron chi connectivity index (χ0n) is 9.89. The summed E-state index contributed by atoms with van der Waals surface area (Å²) in [6.45, 7) is 1.24. The maximum atomic E-state index is 12.0. The van der Waals surface area contributed by atoms with E-state index >= 15 is 0 Å². The average Bonchev–Trinajstić information content (AvgIpc) is 2.30. The number of para-hydroxylation sites is 1. The normalized spacial score (nSPS) is 9.94. The van der Waals surface area contributed by atoms with Crippen molar-refractivity contribution in [1.29, 1.82) is 0 Å². The van der Waals surface area contributed by atoms with Crippen LogP contribution in [0.2, 0.25) is 0 Å². The van der Waals surface area contributed by atoms with Crippen molar-refractivity contribution in [1.82, 2.24) is 4.90 Å². The molecule has 1 aromatic carbocycles. The third kappa shape index (κ3) is 3.24. The van der Waals surface area contributed by atoms with Crippen LogP contribution in [0.15, 0.2) is 30.3 Å². The van der Waals surface area contributed by atoms with Crippen LogP contribution in [0.3, 0.4) is 0 Å². The molecule has 0 aliphatic heterocycles. The number of rotatable bonds is 4. The molecule has 0 spiro atoms. The van der Waals surface area contributed by atoms with E-state index in [1.54, 1.807) is 23.9 Å². The molecule has 0 aliphatic carbocycles. The molecule has 0 atom stereocenters. The van der Waals surface area contributed by atoms with Gasteiger partial charge in [-0.1, -0.05) is 18.2 Å². The first-order valence-electron chi connectivity index (χ1n) is 5.40. The lowest BCUT2D eigenvalue weighted by Crippen LogP contribution is -2.40. The Morgan fingerprint density at radius 3 is 2.38 bits per heavy atom. The highest BCUT2D eigenvalue weighted by Crippen LogP contribution is 2.14. The van der Waals surface area contributed by atoms with Crippen molar-refractivity contribution in [2.45, 2.75) is 6.42 Å². The number of nitrogens with zero attached hydrogens (tertiary/aromatic N) is 2. The number of carbonyl (C=O) groups is 1. The zero-order valence-corrected chi connectivity index (χ0v) is 9.89. The maximum Gasteiger partial charge on any atom is 0.323 e. The quantitative estimate of drug-likeness (QED) is 0.838. The van der Waals surface area contributed by atoms with Crippen LogP contribution in [-0.4, -0.2) is 38.1 Å². The fourth-order valence-electron chi connectivity index (χ4n) is 1.43. The van der Waals surface area contributed by atoms with E-state index in [2.05, 4.69) is 0 Å². The van der Waals surface area contributed by atoms with Crippen LogP contribution in [0.1, 0.15) is 6.42 Å². The standard InChI is InChI=1S/C12H19N3O/c1-14(2)12(16)15(10-6-9-13)11-7-4-3-5-8-11/h3-5,7-8H,6,9-10,13H2,1-2H3. The monoisotopic (exact) mass is 221 g/mol. The Morgan fingerprint density at radius 2 is 1.88 bits per heavy atom. The van der Waals surface area contributed by atoms with Gasteiger partial charge in [-0.05, 0) is 25.1 Å². The molecule has 4 heteroatoms. The fourth-order valence-corrected chi connectivity index (χ4v) is 1.43. The van der Waals surface area contributed by atoms with Gasteiger partial charge in [-0.25, -0.2) is 4.79 Å². The molecule has 0 bridgehead atoms. The first kappa shape index (κ1) is 12.5. The number of nitrogens with two attached hydrogens (primary N) is 1. The van der Waals surface area contributed by atoms with Gasteiger partial charge in [0, 0.05) is 26.3 Å². The molecule has 88 valence electrons. The molecule has 0 aliphatic rings. The van der Waals surface area contributed by atoms with E-state index in [1.165, 1.54) is 0 Å². The van der Waals surface area contributed by atoms with Gasteiger partial charge in [-0.2, -0.15) is 0 Å². The van der Waals surface area contributed by atoms with Gasteiger partial charge in [0.2, 0.25) is 0 Å². The molecule has 0 unspecified atom stereocenters. The van der Waals surface area contributed by atoms with E-state index in [9.17, 15) is 4.79 Å². The molecule has 16 heavy (non-hydrogen) atoms. The summed E-state index contributed by atoms with van der Waals surface area (Å²) in [5, 5.41) is 0. The van der Waals surface area contributed by atoms with Crippen molar-refractivity contribution in [3.63, 3.8) is 0 Å². The number of carbonyl (C=O) groups excluding carboxylic acids is 1. The van der Waals surface area contributed by atoms with Crippen molar-refractivity contribution in [2.24, 2.45) is 5.73 Å². The second-order valence-corrected chi connectivity index (χ2v) is 3.81. The van der Waals surface area contributed by atoms with E-state index < -0.39 is 0 Å². The highest BCUT2D eigenvalue weighted by Gasteiger charge is 2.16. The number of amides is 2. The minimum Gasteiger partial charge on any atom is -0.330 e. The van der Waals surface area contributed by atoms with Gasteiger partial charge in [-0.3, -0.25) is 4.90 Å². The van der Waals surface area contributed by atoms with Crippen molar-refractivity contribution < 1.29 is 4.79 Å². The topological polar surface area (TPSA) is 49.6 Å². The molecule has 4 nitrogen and oxygen atoms in total. The van der Waals surface area contributed by atoms with Crippen LogP contribution in [-0.2, 0) is 0 Å². The number of anilines is 1. The molecule has 0 radical (unpaired) electrons. The van der Waals surface area contributed by atoms with Gasteiger partial charge in [0.15, 0.2) is 0 Å². The Balaban J connectivity index is 2.83. The summed E-state index contributed by atoms with van der Waals surface area (Å²) in [6, 6.07) is 9.63. The van der Waals surface area contributed by atoms with Crippen molar-refractivity contribution >= 4 is 11.7 Å². The molecule has 1 rings (SSSR count). The lowest BCUT2D eigenvalue weighted by molar-refractivity contribution is 0.224. The molecule has 0 saturated heterocycles. The number of urea groups is 1. The van der Waals surface area contributed by atoms with Gasteiger partial charge in [0.25, 0.3) is 0 Å². The summed E-state index contributed by atoms with van der Waals surface area (Å²) in [4.78, 5) is 15.3. The van der Waals surface area contributed by atoms with E-state index in [4.69, 9.17) is 5.73 Å². The van der Waals surface area contributed by atoms with Gasteiger partial charge in [-0.15, -0.1) is 0 Å². The Bertz CT molecular complexity index is 324. The van der Waals surface area contributed by atoms with Crippen LogP contribution in [0.25, 0.3) is 0 Å². The third-order valence-electron chi connectivity index (χ3n) is 2.27. The molecule has 2 amide bonds. The average molecular weight is 221 g/mol. The fraction of sp³-hybridized carbons (Fsp3) is 0.417. The first-order valence-corrected chi connectivity index (χ1v) is 5.40. The minimum absolute atomic E-state index is 0.0142. The molecule has 2 N–H and O–H groups in total. The molecular formula is C12H19N3O. The summed E-state index contributed by atoms with van der Waals surface area (Å²) in [6.07, 6.45) is 0.800. The summed E-state index contributed by atoms with van der Waals surface area (Å²) in [7, 11) is 3.50. The van der Waals surface area contributed by atoms with Crippen LogP contribution in [0.5, 0.6) is 0 Å². The maximum absolute atomic E-state index is 12.0. The second kappa shape index (κ2) is 6.12. The Labute approximate surface area is 96.6 Å². The van der Waals surface area contributed by atoms with Crippen molar-refractivity contribution in [2.75, 3.05) is 32.1 Å². The second-order valence-electron chi connectivity index (χ2n) is 3.81. The zero-order chi connectivity index (χ0) is 12.0. The lowest BCUT2D eigenvalue weighted by Gasteiger charge is -2.26. The number of hydrogen-bond acceptors (Lipinski definition) is 2. The highest BCUT2D eigenvalue weighted by molar-refractivity contribution is 5.91. The molecule has 1 aromatic rings. The lowest BCUT2D eigenvalue weighted by atomic mass is 10.2. The molecule has 0 aromatic heterocycles. The minimum atomic E-state index is -0.0142. The SMILES string of the molecule is CN(C)C(=O)N(CCCN)c1ccccc1. The predicted octanol–water partition coefficient (Wildman–Crippen LogP) is 1.52. The van der Waals surface area contributed by atoms with Crippen molar-refractivity contribution in [3.05, 3.63) is 30.3 Å². The predicted molar refractivity (Wildman–Crippen MR) is 66.5 cm³/mol. The van der Waals surface area contributed by atoms with Crippen LogP contribution in [0.4, 0.5) is 10.5 Å². The highest BCUT2D eigenvalue weighted by atomic mass is 16.2. The molecule has 0 heterocycles. The molecular weight excluding hydrogens is 202 g/mol. The van der Waals surface area contributed by atoms with Gasteiger partial charge >= 0.3 is 6.03 Å². The first-order chi connectivity index (χ1) is 7.66. The van der Waals surface area contributed by atoms with E-state index in [0.717, 1.165) is 12.1 Å². The smallest absolute Gasteiger partial charge is 0.323 e. The number of benzene rings is 1. The molecule has 0 fully saturated rings. The summed E-state index contributed by atoms with van der Waals surface area (Å²) in [5.41, 5.74) is 6.39. The Kier molecular flexibility index (Phi) is 4.79. The third-order valence-corrected chi connectivity index (χ3v) is 2.27. The van der Waals surface area contributed by atoms with E-state index in [0.29, 0.717) is 13.1 Å². The summed E-state index contributed by atoms with van der Waals surface area (Å²) in [5.74, 6) is 0. The Hall–Kier alpha value is -1.55. The van der Waals surface area contributed by atoms with Crippen LogP contribution in [0, 0.1) is 0 Å². The van der Waals surface area contributed by atoms with Crippen LogP contribution >= 0.6 is 0 Å². The molecule has 0 saturated carbocycles. The van der Waals surface area contributed by atoms with Gasteiger partial charge < -0.3 is 10.6 Å². The van der Waals surface area contributed by atoms with Crippen LogP contribution < -0.4 is 10.6 Å². The van der Waals surface area contributed by atoms with E-state index in [-0.39, 0.29) is 6.03 Å². The Morgan fingerprint density at radius 1 is 1.25 bits per heavy atom. The number of hydrogen-bond donors (Lipinski definition) is 1. The summed E-state index contributed by atoms with van der Waals surface area (Å²) >= 11 is 0. The van der Waals surface area contributed by atoms with Gasteiger partial charge in [0.1, 0.15) is 0 Å². The van der Waals surface area contributed by atoms with E-state index in [1.807, 2.05) is 30.3 Å². The summed E-state index contributed by atoms with van der Waals surface area (Å²) < 4.78 is 0.